The third kappa shape index (κ3) is 3.76. The van der Waals surface area contributed by atoms with Crippen LogP contribution in [0.1, 0.15) is 44.1 Å². The fourth-order valence-corrected chi connectivity index (χ4v) is 4.97. The molecule has 4 rings (SSSR count). The van der Waals surface area contributed by atoms with Gasteiger partial charge in [-0.2, -0.15) is 0 Å². The molecule has 1 fully saturated rings. The van der Waals surface area contributed by atoms with Crippen molar-refractivity contribution in [1.82, 2.24) is 4.90 Å². The van der Waals surface area contributed by atoms with Gasteiger partial charge >= 0.3 is 0 Å². The number of hydrogen-bond donors (Lipinski definition) is 0. The molecule has 0 saturated heterocycles. The Morgan fingerprint density at radius 3 is 2.11 bits per heavy atom. The number of imide groups is 1. The van der Waals surface area contributed by atoms with E-state index in [-0.39, 0.29) is 23.7 Å². The lowest BCUT2D eigenvalue weighted by Crippen LogP contribution is -2.40. The highest BCUT2D eigenvalue weighted by molar-refractivity contribution is 8.04. The number of halogens is 1. The molecule has 0 unspecified atom stereocenters. The Bertz CT molecular complexity index is 900. The molecular formula is C23H22FNO2S. The summed E-state index contributed by atoms with van der Waals surface area (Å²) in [5.41, 5.74) is 0.984. The van der Waals surface area contributed by atoms with Crippen molar-refractivity contribution in [2.24, 2.45) is 0 Å². The Kier molecular flexibility index (Phi) is 5.62. The second-order valence-corrected chi connectivity index (χ2v) is 8.34. The average molecular weight is 395 g/mol. The zero-order valence-electron chi connectivity index (χ0n) is 15.6. The second-order valence-electron chi connectivity index (χ2n) is 7.25. The van der Waals surface area contributed by atoms with E-state index in [0.717, 1.165) is 43.4 Å². The minimum Gasteiger partial charge on any atom is -0.271 e. The molecule has 144 valence electrons. The van der Waals surface area contributed by atoms with Crippen LogP contribution in [0.3, 0.4) is 0 Å². The van der Waals surface area contributed by atoms with E-state index < -0.39 is 0 Å². The second kappa shape index (κ2) is 8.31. The van der Waals surface area contributed by atoms with Crippen molar-refractivity contribution in [3.05, 3.63) is 70.9 Å². The van der Waals surface area contributed by atoms with Crippen LogP contribution in [0.2, 0.25) is 0 Å². The lowest BCUT2D eigenvalue weighted by Gasteiger charge is -2.25. The highest BCUT2D eigenvalue weighted by Crippen LogP contribution is 2.41. The summed E-state index contributed by atoms with van der Waals surface area (Å²) in [5.74, 6) is -0.828. The van der Waals surface area contributed by atoms with Gasteiger partial charge in [-0.1, -0.05) is 67.8 Å². The number of benzene rings is 2. The zero-order chi connectivity index (χ0) is 19.5. The number of carbonyl (C=O) groups excluding carboxylic acids is 2. The summed E-state index contributed by atoms with van der Waals surface area (Å²) in [5, 5.41) is 0. The monoisotopic (exact) mass is 395 g/mol. The summed E-state index contributed by atoms with van der Waals surface area (Å²) in [4.78, 5) is 29.5. The Morgan fingerprint density at radius 1 is 0.821 bits per heavy atom. The van der Waals surface area contributed by atoms with Crippen molar-refractivity contribution in [1.29, 1.82) is 0 Å². The van der Waals surface area contributed by atoms with Crippen LogP contribution in [-0.2, 0) is 9.59 Å². The molecule has 28 heavy (non-hydrogen) atoms. The predicted molar refractivity (Wildman–Crippen MR) is 109 cm³/mol. The van der Waals surface area contributed by atoms with Crippen molar-refractivity contribution in [2.75, 3.05) is 0 Å². The molecule has 1 aliphatic heterocycles. The summed E-state index contributed by atoms with van der Waals surface area (Å²) in [7, 11) is 0. The number of hydrogen-bond acceptors (Lipinski definition) is 3. The van der Waals surface area contributed by atoms with E-state index in [2.05, 4.69) is 0 Å². The molecule has 5 heteroatoms. The van der Waals surface area contributed by atoms with Gasteiger partial charge in [0.25, 0.3) is 11.8 Å². The highest BCUT2D eigenvalue weighted by Gasteiger charge is 2.42. The molecule has 2 amide bonds. The maximum atomic E-state index is 13.4. The van der Waals surface area contributed by atoms with Crippen molar-refractivity contribution in [2.45, 2.75) is 49.5 Å². The van der Waals surface area contributed by atoms with Gasteiger partial charge in [-0.25, -0.2) is 4.39 Å². The van der Waals surface area contributed by atoms with Crippen LogP contribution >= 0.6 is 11.8 Å². The Hall–Kier alpha value is -2.40. The van der Waals surface area contributed by atoms with Gasteiger partial charge in [0.2, 0.25) is 0 Å². The van der Waals surface area contributed by atoms with Crippen molar-refractivity contribution in [3.63, 3.8) is 0 Å². The third-order valence-corrected chi connectivity index (χ3v) is 6.45. The molecule has 2 aromatic rings. The minimum absolute atomic E-state index is 0.0492. The molecule has 1 saturated carbocycles. The summed E-state index contributed by atoms with van der Waals surface area (Å²) in [6.45, 7) is 0. The Balaban J connectivity index is 1.74. The SMILES string of the molecule is O=C1C(Sc2ccccc2)=C(c2ccc(F)cc2)C(=O)N1C1CCCCCC1. The summed E-state index contributed by atoms with van der Waals surface area (Å²) < 4.78 is 13.4. The van der Waals surface area contributed by atoms with Crippen LogP contribution < -0.4 is 0 Å². The van der Waals surface area contributed by atoms with Crippen molar-refractivity contribution in [3.8, 4) is 0 Å². The quantitative estimate of drug-likeness (QED) is 0.512. The van der Waals surface area contributed by atoms with Gasteiger partial charge in [0, 0.05) is 10.9 Å². The molecule has 0 aromatic heterocycles. The lowest BCUT2D eigenvalue weighted by atomic mass is 10.0. The summed E-state index contributed by atoms with van der Waals surface area (Å²) >= 11 is 1.32. The van der Waals surface area contributed by atoms with E-state index in [0.29, 0.717) is 16.0 Å². The van der Waals surface area contributed by atoms with Gasteiger partial charge < -0.3 is 0 Å². The average Bonchev–Trinajstić information content (AvgIpc) is 2.88. The molecule has 0 bridgehead atoms. The van der Waals surface area contributed by atoms with Gasteiger partial charge in [0.1, 0.15) is 5.82 Å². The van der Waals surface area contributed by atoms with Gasteiger partial charge in [0.15, 0.2) is 0 Å². The Labute approximate surface area is 168 Å². The first-order valence-electron chi connectivity index (χ1n) is 9.76. The molecule has 0 spiro atoms. The van der Waals surface area contributed by atoms with E-state index in [1.54, 1.807) is 12.1 Å². The van der Waals surface area contributed by atoms with Gasteiger partial charge in [0.05, 0.1) is 10.5 Å². The van der Waals surface area contributed by atoms with E-state index in [1.807, 2.05) is 30.3 Å². The van der Waals surface area contributed by atoms with Gasteiger partial charge in [-0.05, 0) is 42.7 Å². The molecule has 3 nitrogen and oxygen atoms in total. The number of rotatable bonds is 4. The first-order valence-corrected chi connectivity index (χ1v) is 10.6. The molecular weight excluding hydrogens is 373 g/mol. The van der Waals surface area contributed by atoms with Crippen molar-refractivity contribution < 1.29 is 14.0 Å². The topological polar surface area (TPSA) is 37.4 Å². The number of carbonyl (C=O) groups is 2. The first-order chi connectivity index (χ1) is 13.6. The highest BCUT2D eigenvalue weighted by atomic mass is 32.2. The normalized spacial score (nSPS) is 18.7. The summed E-state index contributed by atoms with van der Waals surface area (Å²) in [6, 6.07) is 15.4. The third-order valence-electron chi connectivity index (χ3n) is 5.36. The van der Waals surface area contributed by atoms with Crippen LogP contribution in [0.4, 0.5) is 4.39 Å². The van der Waals surface area contributed by atoms with E-state index >= 15 is 0 Å². The largest absolute Gasteiger partial charge is 0.271 e. The zero-order valence-corrected chi connectivity index (χ0v) is 16.4. The maximum absolute atomic E-state index is 13.4. The number of amides is 2. The standard InChI is InChI=1S/C23H22FNO2S/c24-17-14-12-16(13-15-17)20-21(28-19-10-6-3-7-11-19)23(27)25(22(20)26)18-8-4-1-2-5-9-18/h3,6-7,10-15,18H,1-2,4-5,8-9H2. The fourth-order valence-electron chi connectivity index (χ4n) is 3.95. The minimum atomic E-state index is -0.362. The molecule has 0 radical (unpaired) electrons. The van der Waals surface area contributed by atoms with Crippen LogP contribution in [-0.4, -0.2) is 22.8 Å². The smallest absolute Gasteiger partial charge is 0.268 e. The van der Waals surface area contributed by atoms with Crippen LogP contribution in [0.25, 0.3) is 5.57 Å². The first kappa shape index (κ1) is 18.9. The predicted octanol–water partition coefficient (Wildman–Crippen LogP) is 5.42. The van der Waals surface area contributed by atoms with Crippen LogP contribution in [0.15, 0.2) is 64.4 Å². The van der Waals surface area contributed by atoms with Crippen molar-refractivity contribution >= 4 is 29.1 Å². The van der Waals surface area contributed by atoms with Gasteiger partial charge in [-0.3, -0.25) is 14.5 Å². The Morgan fingerprint density at radius 2 is 1.46 bits per heavy atom. The molecule has 2 aromatic carbocycles. The molecule has 1 aliphatic carbocycles. The van der Waals surface area contributed by atoms with Crippen LogP contribution in [0, 0.1) is 5.82 Å². The molecule has 0 atom stereocenters. The molecule has 1 heterocycles. The number of thioether (sulfide) groups is 1. The van der Waals surface area contributed by atoms with E-state index in [9.17, 15) is 14.0 Å². The summed E-state index contributed by atoms with van der Waals surface area (Å²) in [6.07, 6.45) is 6.09. The van der Waals surface area contributed by atoms with E-state index in [4.69, 9.17) is 0 Å². The van der Waals surface area contributed by atoms with E-state index in [1.165, 1.54) is 28.8 Å². The molecule has 2 aliphatic rings. The number of nitrogens with zero attached hydrogens (tertiary/aromatic N) is 1. The fraction of sp³-hybridized carbons (Fsp3) is 0.304. The van der Waals surface area contributed by atoms with Gasteiger partial charge in [-0.15, -0.1) is 0 Å². The lowest BCUT2D eigenvalue weighted by molar-refractivity contribution is -0.139. The van der Waals surface area contributed by atoms with Crippen LogP contribution in [0.5, 0.6) is 0 Å². The maximum Gasteiger partial charge on any atom is 0.268 e. The molecule has 0 N–H and O–H groups in total.